The van der Waals surface area contributed by atoms with Crippen LogP contribution >= 0.6 is 0 Å². The molecule has 0 spiro atoms. The molecule has 0 unspecified atom stereocenters. The second-order valence-electron chi connectivity index (χ2n) is 12.6. The highest BCUT2D eigenvalue weighted by atomic mass is 15.0. The smallest absolute Gasteiger partial charge is 0.0635 e. The van der Waals surface area contributed by atoms with Crippen LogP contribution in [0.2, 0.25) is 0 Å². The summed E-state index contributed by atoms with van der Waals surface area (Å²) < 4.78 is 4.86. The van der Waals surface area contributed by atoms with Crippen molar-refractivity contribution in [2.24, 2.45) is 0 Å². The molecule has 0 saturated carbocycles. The molecule has 0 fully saturated rings. The molecule has 0 saturated heterocycles. The van der Waals surface area contributed by atoms with E-state index in [1.807, 2.05) is 0 Å². The molecule has 0 radical (unpaired) electrons. The average molecular weight is 611 g/mol. The van der Waals surface area contributed by atoms with Crippen molar-refractivity contribution in [3.63, 3.8) is 0 Å². The lowest BCUT2D eigenvalue weighted by Gasteiger charge is -2.13. The van der Waals surface area contributed by atoms with E-state index in [4.69, 9.17) is 0 Å². The maximum Gasteiger partial charge on any atom is 0.0635 e. The van der Waals surface area contributed by atoms with Crippen LogP contribution in [0.1, 0.15) is 0 Å². The molecule has 224 valence electrons. The molecule has 0 aliphatic heterocycles. The van der Waals surface area contributed by atoms with E-state index in [1.54, 1.807) is 0 Å². The first-order chi connectivity index (χ1) is 23.8. The SMILES string of the molecule is c1ccc(-c2cc3c(ccc4c5ccccc5n(-c5ccc(-c6cc7ccccc7c7ccccc67)cc5)c43)n2-c2ccccc2)cc1. The van der Waals surface area contributed by atoms with Gasteiger partial charge in [0.15, 0.2) is 0 Å². The zero-order valence-corrected chi connectivity index (χ0v) is 26.2. The summed E-state index contributed by atoms with van der Waals surface area (Å²) >= 11 is 0. The number of benzene rings is 8. The Kier molecular flexibility index (Phi) is 5.91. The summed E-state index contributed by atoms with van der Waals surface area (Å²) in [4.78, 5) is 0. The van der Waals surface area contributed by atoms with Crippen LogP contribution in [0.3, 0.4) is 0 Å². The lowest BCUT2D eigenvalue weighted by molar-refractivity contribution is 1.13. The first-order valence-corrected chi connectivity index (χ1v) is 16.5. The number of fused-ring (bicyclic) bond motifs is 8. The number of nitrogens with zero attached hydrogens (tertiary/aromatic N) is 2. The quantitative estimate of drug-likeness (QED) is 0.175. The maximum absolute atomic E-state index is 2.46. The van der Waals surface area contributed by atoms with Crippen LogP contribution in [-0.2, 0) is 0 Å². The minimum Gasteiger partial charge on any atom is -0.309 e. The van der Waals surface area contributed by atoms with Crippen LogP contribution in [0.25, 0.3) is 88.0 Å². The summed E-state index contributed by atoms with van der Waals surface area (Å²) in [5, 5.41) is 8.86. The van der Waals surface area contributed by atoms with Crippen LogP contribution in [0, 0.1) is 0 Å². The zero-order chi connectivity index (χ0) is 31.6. The molecule has 2 nitrogen and oxygen atoms in total. The molecule has 2 heterocycles. The Morgan fingerprint density at radius 1 is 0.312 bits per heavy atom. The Labute approximate surface area is 278 Å². The number of rotatable bonds is 4. The average Bonchev–Trinajstić information content (AvgIpc) is 3.72. The number of para-hydroxylation sites is 2. The van der Waals surface area contributed by atoms with E-state index < -0.39 is 0 Å². The van der Waals surface area contributed by atoms with Crippen molar-refractivity contribution in [1.29, 1.82) is 0 Å². The van der Waals surface area contributed by atoms with Gasteiger partial charge in [-0.1, -0.05) is 133 Å². The highest BCUT2D eigenvalue weighted by Crippen LogP contribution is 2.41. The normalized spacial score (nSPS) is 11.8. The second-order valence-corrected chi connectivity index (χ2v) is 12.6. The fourth-order valence-corrected chi connectivity index (χ4v) is 7.77. The minimum absolute atomic E-state index is 1.15. The predicted octanol–water partition coefficient (Wildman–Crippen LogP) is 12.4. The summed E-state index contributed by atoms with van der Waals surface area (Å²) in [6, 6.07) is 66.2. The Balaban J connectivity index is 1.23. The summed E-state index contributed by atoms with van der Waals surface area (Å²) in [5.41, 5.74) is 10.8. The van der Waals surface area contributed by atoms with E-state index >= 15 is 0 Å². The van der Waals surface area contributed by atoms with Gasteiger partial charge in [-0.3, -0.25) is 0 Å². The van der Waals surface area contributed by atoms with Crippen molar-refractivity contribution in [2.75, 3.05) is 0 Å². The second kappa shape index (κ2) is 10.6. The summed E-state index contributed by atoms with van der Waals surface area (Å²) in [6.45, 7) is 0. The van der Waals surface area contributed by atoms with Gasteiger partial charge in [0.1, 0.15) is 0 Å². The van der Waals surface area contributed by atoms with Crippen molar-refractivity contribution < 1.29 is 0 Å². The van der Waals surface area contributed by atoms with Crippen molar-refractivity contribution in [1.82, 2.24) is 9.13 Å². The van der Waals surface area contributed by atoms with E-state index in [9.17, 15) is 0 Å². The molecule has 0 amide bonds. The van der Waals surface area contributed by atoms with Crippen LogP contribution in [0.4, 0.5) is 0 Å². The van der Waals surface area contributed by atoms with Gasteiger partial charge in [0, 0.05) is 27.5 Å². The zero-order valence-electron chi connectivity index (χ0n) is 26.2. The molecule has 0 aliphatic carbocycles. The van der Waals surface area contributed by atoms with E-state index in [0.29, 0.717) is 0 Å². The molecule has 10 aromatic rings. The van der Waals surface area contributed by atoms with Gasteiger partial charge in [0.2, 0.25) is 0 Å². The molecule has 8 aromatic carbocycles. The Morgan fingerprint density at radius 2 is 0.917 bits per heavy atom. The topological polar surface area (TPSA) is 9.86 Å². The molecule has 2 heteroatoms. The Hall–Kier alpha value is -6.38. The third-order valence-corrected chi connectivity index (χ3v) is 9.90. The molecule has 0 N–H and O–H groups in total. The minimum atomic E-state index is 1.15. The first kappa shape index (κ1) is 26.8. The van der Waals surface area contributed by atoms with Gasteiger partial charge >= 0.3 is 0 Å². The number of hydrogen-bond acceptors (Lipinski definition) is 0. The molecular weight excluding hydrogens is 581 g/mol. The van der Waals surface area contributed by atoms with E-state index in [1.165, 1.54) is 76.6 Å². The largest absolute Gasteiger partial charge is 0.309 e. The summed E-state index contributed by atoms with van der Waals surface area (Å²) in [6.07, 6.45) is 0. The third kappa shape index (κ3) is 4.00. The van der Waals surface area contributed by atoms with Crippen LogP contribution in [0.15, 0.2) is 182 Å². The maximum atomic E-state index is 2.46. The van der Waals surface area contributed by atoms with Gasteiger partial charge in [-0.25, -0.2) is 0 Å². The lowest BCUT2D eigenvalue weighted by Crippen LogP contribution is -1.97. The van der Waals surface area contributed by atoms with Gasteiger partial charge in [-0.15, -0.1) is 0 Å². The monoisotopic (exact) mass is 610 g/mol. The van der Waals surface area contributed by atoms with E-state index in [2.05, 4.69) is 191 Å². The fraction of sp³-hybridized carbons (Fsp3) is 0. The molecule has 0 bridgehead atoms. The molecule has 10 rings (SSSR count). The molecule has 2 aromatic heterocycles. The highest BCUT2D eigenvalue weighted by molar-refractivity contribution is 6.19. The number of aromatic nitrogens is 2. The van der Waals surface area contributed by atoms with Gasteiger partial charge in [-0.2, -0.15) is 0 Å². The van der Waals surface area contributed by atoms with E-state index in [0.717, 1.165) is 11.4 Å². The van der Waals surface area contributed by atoms with Crippen molar-refractivity contribution in [3.8, 4) is 33.8 Å². The van der Waals surface area contributed by atoms with Gasteiger partial charge in [0.25, 0.3) is 0 Å². The fourth-order valence-electron chi connectivity index (χ4n) is 7.77. The van der Waals surface area contributed by atoms with Gasteiger partial charge in [-0.05, 0) is 86.8 Å². The standard InChI is InChI=1S/C46H30N2/c1-3-13-32(14-4-1)45-30-42-44(47(45)34-16-5-2-6-17-34)28-27-40-39-21-11-12-22-43(39)48(46(40)42)35-25-23-31(24-26-35)41-29-33-15-7-8-18-36(33)37-19-9-10-20-38(37)41/h1-30H. The molecule has 0 atom stereocenters. The lowest BCUT2D eigenvalue weighted by atomic mass is 9.93. The van der Waals surface area contributed by atoms with Crippen LogP contribution in [0.5, 0.6) is 0 Å². The number of hydrogen-bond donors (Lipinski definition) is 0. The van der Waals surface area contributed by atoms with Crippen LogP contribution < -0.4 is 0 Å². The molecule has 0 aliphatic rings. The third-order valence-electron chi connectivity index (χ3n) is 9.90. The van der Waals surface area contributed by atoms with Crippen molar-refractivity contribution in [3.05, 3.63) is 182 Å². The van der Waals surface area contributed by atoms with Crippen molar-refractivity contribution in [2.45, 2.75) is 0 Å². The van der Waals surface area contributed by atoms with Crippen LogP contribution in [-0.4, -0.2) is 9.13 Å². The van der Waals surface area contributed by atoms with Gasteiger partial charge < -0.3 is 9.13 Å². The first-order valence-electron chi connectivity index (χ1n) is 16.5. The summed E-state index contributed by atoms with van der Waals surface area (Å²) in [7, 11) is 0. The Morgan fingerprint density at radius 3 is 1.71 bits per heavy atom. The molecule has 48 heavy (non-hydrogen) atoms. The Bertz CT molecular complexity index is 2800. The summed E-state index contributed by atoms with van der Waals surface area (Å²) in [5.74, 6) is 0. The highest BCUT2D eigenvalue weighted by Gasteiger charge is 2.20. The van der Waals surface area contributed by atoms with Gasteiger partial charge in [0.05, 0.1) is 22.2 Å². The molecular formula is C46H30N2. The van der Waals surface area contributed by atoms with E-state index in [-0.39, 0.29) is 0 Å². The predicted molar refractivity (Wildman–Crippen MR) is 203 cm³/mol. The van der Waals surface area contributed by atoms with Crippen molar-refractivity contribution >= 4 is 54.3 Å².